The van der Waals surface area contributed by atoms with Crippen LogP contribution in [0.4, 0.5) is 11.4 Å². The molecule has 2 aliphatic heterocycles. The number of rotatable bonds is 6. The number of aliphatic hydroxyl groups excluding tert-OH is 1. The zero-order chi connectivity index (χ0) is 27.8. The second kappa shape index (κ2) is 10.6. The summed E-state index contributed by atoms with van der Waals surface area (Å²) in [7, 11) is 1.62. The summed E-state index contributed by atoms with van der Waals surface area (Å²) in [5.41, 5.74) is 5.78. The van der Waals surface area contributed by atoms with Gasteiger partial charge in [0.1, 0.15) is 11.5 Å². The molecule has 1 N–H and O–H groups in total. The summed E-state index contributed by atoms with van der Waals surface area (Å²) < 4.78 is 5.58. The van der Waals surface area contributed by atoms with Crippen molar-refractivity contribution in [3.63, 3.8) is 0 Å². The molecule has 0 bridgehead atoms. The number of nitrogens with zero attached hydrogens (tertiary/aromatic N) is 2. The number of carbonyl (C=O) groups excluding carboxylic acids is 2. The van der Waals surface area contributed by atoms with Gasteiger partial charge >= 0.3 is 0 Å². The molecule has 3 aromatic rings. The van der Waals surface area contributed by atoms with E-state index in [0.29, 0.717) is 11.3 Å². The van der Waals surface area contributed by atoms with Crippen molar-refractivity contribution in [3.8, 4) is 5.75 Å². The molecule has 2 saturated heterocycles. The summed E-state index contributed by atoms with van der Waals surface area (Å²) in [5, 5.41) is 11.8. The molecule has 3 aromatic carbocycles. The van der Waals surface area contributed by atoms with Gasteiger partial charge in [0.2, 0.25) is 0 Å². The predicted molar refractivity (Wildman–Crippen MR) is 156 cm³/mol. The lowest BCUT2D eigenvalue weighted by molar-refractivity contribution is -0.132. The molecule has 0 spiro atoms. The number of hydrogen-bond donors (Lipinski definition) is 1. The van der Waals surface area contributed by atoms with E-state index in [2.05, 4.69) is 18.7 Å². The Morgan fingerprint density at radius 1 is 0.923 bits per heavy atom. The van der Waals surface area contributed by atoms with Crippen LogP contribution in [0.15, 0.2) is 66.2 Å². The summed E-state index contributed by atoms with van der Waals surface area (Å²) in [6.45, 7) is 9.97. The Hall–Kier alpha value is -4.06. The monoisotopic (exact) mass is 524 g/mol. The summed E-state index contributed by atoms with van der Waals surface area (Å²) in [6, 6.07) is 18.5. The van der Waals surface area contributed by atoms with Gasteiger partial charge in [0.15, 0.2) is 0 Å². The quantitative estimate of drug-likeness (QED) is 0.222. The van der Waals surface area contributed by atoms with E-state index in [1.165, 1.54) is 17.7 Å². The molecule has 202 valence electrons. The number of benzene rings is 3. The third kappa shape index (κ3) is 4.69. The fraction of sp³-hybridized carbons (Fsp3) is 0.333. The van der Waals surface area contributed by atoms with Crippen molar-refractivity contribution < 1.29 is 19.4 Å². The number of anilines is 2. The molecule has 6 nitrogen and oxygen atoms in total. The summed E-state index contributed by atoms with van der Waals surface area (Å²) in [4.78, 5) is 31.2. The van der Waals surface area contributed by atoms with Crippen LogP contribution in [-0.2, 0) is 9.59 Å². The number of Topliss-reactive ketones (excluding diaryl/α,β-unsaturated/α-hetero) is 1. The molecule has 0 radical (unpaired) electrons. The molecule has 1 atom stereocenters. The number of amides is 1. The maximum atomic E-state index is 13.7. The minimum Gasteiger partial charge on any atom is -0.507 e. The Morgan fingerprint density at radius 3 is 2.18 bits per heavy atom. The Morgan fingerprint density at radius 2 is 1.56 bits per heavy atom. The van der Waals surface area contributed by atoms with Crippen LogP contribution >= 0.6 is 0 Å². The normalized spacial score (nSPS) is 18.9. The Bertz CT molecular complexity index is 1450. The highest BCUT2D eigenvalue weighted by Gasteiger charge is 2.47. The molecule has 0 saturated carbocycles. The lowest BCUT2D eigenvalue weighted by Gasteiger charge is -2.27. The van der Waals surface area contributed by atoms with Gasteiger partial charge in [-0.05, 0) is 91.3 Å². The maximum absolute atomic E-state index is 13.7. The zero-order valence-electron chi connectivity index (χ0n) is 23.3. The number of ketones is 1. The Labute approximate surface area is 230 Å². The Balaban J connectivity index is 1.68. The Kier molecular flexibility index (Phi) is 7.21. The van der Waals surface area contributed by atoms with E-state index in [1.807, 2.05) is 74.5 Å². The van der Waals surface area contributed by atoms with E-state index < -0.39 is 17.7 Å². The van der Waals surface area contributed by atoms with Gasteiger partial charge in [0, 0.05) is 30.0 Å². The van der Waals surface area contributed by atoms with Crippen LogP contribution in [0.5, 0.6) is 5.75 Å². The highest BCUT2D eigenvalue weighted by Crippen LogP contribution is 2.44. The van der Waals surface area contributed by atoms with Gasteiger partial charge in [0.25, 0.3) is 11.7 Å². The van der Waals surface area contributed by atoms with Gasteiger partial charge in [-0.15, -0.1) is 0 Å². The van der Waals surface area contributed by atoms with Crippen molar-refractivity contribution in [3.05, 3.63) is 94.1 Å². The number of ether oxygens (including phenoxy) is 1. The van der Waals surface area contributed by atoms with E-state index in [-0.39, 0.29) is 17.3 Å². The molecule has 2 heterocycles. The van der Waals surface area contributed by atoms with E-state index >= 15 is 0 Å². The standard InChI is InChI=1S/C33H36N2O4/c1-20(2)26-19-27(22(4)18-28(26)39-5)31(36)29-30(25-11-7-6-10-21(25)3)35(33(38)32(29)37)24-14-12-23(13-15-24)34-16-8-9-17-34/h6-7,10-15,18-20,30,36H,8-9,16-17H2,1-5H3/b31-29+. The van der Waals surface area contributed by atoms with Crippen molar-refractivity contribution in [2.75, 3.05) is 30.0 Å². The number of carbonyl (C=O) groups is 2. The van der Waals surface area contributed by atoms with E-state index in [9.17, 15) is 14.7 Å². The lowest BCUT2D eigenvalue weighted by Crippen LogP contribution is -2.29. The van der Waals surface area contributed by atoms with Gasteiger partial charge in [0.05, 0.1) is 18.7 Å². The fourth-order valence-electron chi connectivity index (χ4n) is 5.81. The topological polar surface area (TPSA) is 70.1 Å². The lowest BCUT2D eigenvalue weighted by atomic mass is 9.89. The molecular formula is C33H36N2O4. The third-order valence-electron chi connectivity index (χ3n) is 7.98. The third-order valence-corrected chi connectivity index (χ3v) is 7.98. The first-order valence-electron chi connectivity index (χ1n) is 13.6. The highest BCUT2D eigenvalue weighted by atomic mass is 16.5. The van der Waals surface area contributed by atoms with Crippen molar-refractivity contribution >= 4 is 28.8 Å². The first kappa shape index (κ1) is 26.5. The van der Waals surface area contributed by atoms with Crippen LogP contribution < -0.4 is 14.5 Å². The largest absolute Gasteiger partial charge is 0.507 e. The van der Waals surface area contributed by atoms with Crippen LogP contribution in [0.3, 0.4) is 0 Å². The van der Waals surface area contributed by atoms with Gasteiger partial charge in [-0.1, -0.05) is 38.1 Å². The summed E-state index contributed by atoms with van der Waals surface area (Å²) >= 11 is 0. The zero-order valence-corrected chi connectivity index (χ0v) is 23.3. The number of aliphatic hydroxyl groups is 1. The minimum absolute atomic E-state index is 0.0980. The molecular weight excluding hydrogens is 488 g/mol. The second-order valence-corrected chi connectivity index (χ2v) is 10.8. The van der Waals surface area contributed by atoms with Crippen LogP contribution in [0, 0.1) is 13.8 Å². The van der Waals surface area contributed by atoms with E-state index in [1.54, 1.807) is 7.11 Å². The molecule has 1 amide bonds. The average molecular weight is 525 g/mol. The SMILES string of the molecule is COc1cc(C)c(/C(O)=C2\C(=O)C(=O)N(c3ccc(N4CCCC4)cc3)C2c2ccccc2C)cc1C(C)C. The van der Waals surface area contributed by atoms with Crippen LogP contribution in [0.25, 0.3) is 5.76 Å². The molecule has 39 heavy (non-hydrogen) atoms. The van der Waals surface area contributed by atoms with Crippen LogP contribution in [0.2, 0.25) is 0 Å². The van der Waals surface area contributed by atoms with Gasteiger partial charge in [-0.3, -0.25) is 14.5 Å². The predicted octanol–water partition coefficient (Wildman–Crippen LogP) is 6.66. The molecule has 5 rings (SSSR count). The van der Waals surface area contributed by atoms with Crippen molar-refractivity contribution in [2.24, 2.45) is 0 Å². The molecule has 1 unspecified atom stereocenters. The molecule has 2 fully saturated rings. The first-order valence-corrected chi connectivity index (χ1v) is 13.6. The number of methoxy groups -OCH3 is 1. The van der Waals surface area contributed by atoms with E-state index in [4.69, 9.17) is 4.74 Å². The summed E-state index contributed by atoms with van der Waals surface area (Å²) in [6.07, 6.45) is 2.35. The van der Waals surface area contributed by atoms with Gasteiger partial charge in [-0.25, -0.2) is 0 Å². The maximum Gasteiger partial charge on any atom is 0.300 e. The molecule has 0 aliphatic carbocycles. The minimum atomic E-state index is -0.757. The number of aryl methyl sites for hydroxylation is 2. The first-order chi connectivity index (χ1) is 18.7. The van der Waals surface area contributed by atoms with Crippen molar-refractivity contribution in [1.29, 1.82) is 0 Å². The van der Waals surface area contributed by atoms with Crippen molar-refractivity contribution in [2.45, 2.75) is 52.5 Å². The van der Waals surface area contributed by atoms with Crippen LogP contribution in [-0.4, -0.2) is 37.0 Å². The average Bonchev–Trinajstić information content (AvgIpc) is 3.55. The van der Waals surface area contributed by atoms with E-state index in [0.717, 1.165) is 46.8 Å². The molecule has 2 aliphatic rings. The van der Waals surface area contributed by atoms with Crippen LogP contribution in [0.1, 0.15) is 66.5 Å². The number of hydrogen-bond acceptors (Lipinski definition) is 5. The van der Waals surface area contributed by atoms with Gasteiger partial charge in [-0.2, -0.15) is 0 Å². The highest BCUT2D eigenvalue weighted by molar-refractivity contribution is 6.51. The molecule has 0 aromatic heterocycles. The fourth-order valence-corrected chi connectivity index (χ4v) is 5.81. The summed E-state index contributed by atoms with van der Waals surface area (Å²) in [5.74, 6) is -0.636. The van der Waals surface area contributed by atoms with Gasteiger partial charge < -0.3 is 14.7 Å². The van der Waals surface area contributed by atoms with Crippen molar-refractivity contribution in [1.82, 2.24) is 0 Å². The molecule has 6 heteroatoms. The smallest absolute Gasteiger partial charge is 0.300 e. The second-order valence-electron chi connectivity index (χ2n) is 10.8.